The van der Waals surface area contributed by atoms with E-state index in [4.69, 9.17) is 0 Å². The van der Waals surface area contributed by atoms with Crippen molar-refractivity contribution in [2.24, 2.45) is 0 Å². The van der Waals surface area contributed by atoms with Crippen LogP contribution in [0.5, 0.6) is 5.75 Å². The Morgan fingerprint density at radius 3 is 2.73 bits per heavy atom. The van der Waals surface area contributed by atoms with Gasteiger partial charge in [-0.3, -0.25) is 4.98 Å². The summed E-state index contributed by atoms with van der Waals surface area (Å²) in [5, 5.41) is 22.4. The van der Waals surface area contributed by atoms with Gasteiger partial charge < -0.3 is 10.2 Å². The molecule has 0 bridgehead atoms. The lowest BCUT2D eigenvalue weighted by Crippen LogP contribution is -2.02. The van der Waals surface area contributed by atoms with Crippen molar-refractivity contribution in [2.75, 3.05) is 0 Å². The number of aromatic carboxylic acids is 1. The minimum Gasteiger partial charge on any atom is -0.506 e. The first-order valence-electron chi connectivity index (χ1n) is 7.46. The first kappa shape index (κ1) is 16.1. The largest absolute Gasteiger partial charge is 0.506 e. The molecule has 2 heterocycles. The van der Waals surface area contributed by atoms with Crippen LogP contribution in [-0.2, 0) is 0 Å². The van der Waals surface area contributed by atoms with Gasteiger partial charge in [-0.25, -0.2) is 19.2 Å². The van der Waals surface area contributed by atoms with Crippen molar-refractivity contribution >= 4 is 28.3 Å². The van der Waals surface area contributed by atoms with Gasteiger partial charge in [-0.2, -0.15) is 0 Å². The molecule has 0 aliphatic carbocycles. The Morgan fingerprint density at radius 1 is 1.19 bits per heavy atom. The number of halogens is 1. The minimum absolute atomic E-state index is 0.0514. The van der Waals surface area contributed by atoms with E-state index in [-0.39, 0.29) is 22.2 Å². The van der Waals surface area contributed by atoms with Gasteiger partial charge in [0.25, 0.3) is 0 Å². The van der Waals surface area contributed by atoms with Gasteiger partial charge in [-0.1, -0.05) is 12.1 Å². The van der Waals surface area contributed by atoms with Crippen LogP contribution in [0.3, 0.4) is 0 Å². The number of carboxylic acid groups (broad SMARTS) is 1. The summed E-state index contributed by atoms with van der Waals surface area (Å²) in [6, 6.07) is 7.03. The number of phenols is 1. The number of benzene rings is 2. The molecule has 0 aliphatic heterocycles. The standard InChI is InChI=1S/C18H10FN3O3S/c19-10-3-1-2-9(6-10)11-7-12-15(14(16(11)23)18(24)25)21-8-13(22-12)17-20-4-5-26-17/h1-8,23H,(H,24,25). The van der Waals surface area contributed by atoms with Gasteiger partial charge >= 0.3 is 5.97 Å². The third-order valence-electron chi connectivity index (χ3n) is 3.81. The molecule has 2 aromatic carbocycles. The highest BCUT2D eigenvalue weighted by Crippen LogP contribution is 2.37. The van der Waals surface area contributed by atoms with E-state index in [1.165, 1.54) is 41.8 Å². The topological polar surface area (TPSA) is 96.2 Å². The summed E-state index contributed by atoms with van der Waals surface area (Å²) in [6.45, 7) is 0. The fraction of sp³-hybridized carbons (Fsp3) is 0. The number of aromatic hydroxyl groups is 1. The second-order valence-corrected chi connectivity index (χ2v) is 6.32. The molecule has 0 amide bonds. The van der Waals surface area contributed by atoms with E-state index in [1.54, 1.807) is 17.6 Å². The van der Waals surface area contributed by atoms with E-state index >= 15 is 0 Å². The number of aromatic nitrogens is 3. The second-order valence-electron chi connectivity index (χ2n) is 5.42. The van der Waals surface area contributed by atoms with Gasteiger partial charge in [0.15, 0.2) is 0 Å². The van der Waals surface area contributed by atoms with E-state index in [1.807, 2.05) is 0 Å². The summed E-state index contributed by atoms with van der Waals surface area (Å²) in [5.74, 6) is -2.32. The van der Waals surface area contributed by atoms with Crippen molar-refractivity contribution in [3.05, 3.63) is 59.5 Å². The highest BCUT2D eigenvalue weighted by Gasteiger charge is 2.22. The van der Waals surface area contributed by atoms with Crippen molar-refractivity contribution in [2.45, 2.75) is 0 Å². The van der Waals surface area contributed by atoms with Crippen molar-refractivity contribution < 1.29 is 19.4 Å². The maximum atomic E-state index is 13.6. The van der Waals surface area contributed by atoms with Crippen LogP contribution in [0.4, 0.5) is 4.39 Å². The third-order valence-corrected chi connectivity index (χ3v) is 4.61. The molecule has 0 aliphatic rings. The number of hydrogen-bond acceptors (Lipinski definition) is 6. The van der Waals surface area contributed by atoms with E-state index in [0.29, 0.717) is 16.3 Å². The van der Waals surface area contributed by atoms with Gasteiger partial charge in [-0.15, -0.1) is 11.3 Å². The Balaban J connectivity index is 2.03. The first-order chi connectivity index (χ1) is 12.5. The summed E-state index contributed by atoms with van der Waals surface area (Å²) in [5.41, 5.74) is 0.940. The number of carboxylic acids is 1. The smallest absolute Gasteiger partial charge is 0.341 e. The van der Waals surface area contributed by atoms with Crippen LogP contribution in [0.2, 0.25) is 0 Å². The van der Waals surface area contributed by atoms with E-state index in [0.717, 1.165) is 0 Å². The maximum absolute atomic E-state index is 13.6. The fourth-order valence-electron chi connectivity index (χ4n) is 2.68. The summed E-state index contributed by atoms with van der Waals surface area (Å²) in [7, 11) is 0. The molecule has 0 radical (unpaired) electrons. The van der Waals surface area contributed by atoms with Gasteiger partial charge in [0.1, 0.15) is 33.3 Å². The molecule has 0 saturated heterocycles. The molecular weight excluding hydrogens is 357 g/mol. The SMILES string of the molecule is O=C(O)c1c(O)c(-c2cccc(F)c2)cc2nc(-c3nccs3)cnc12. The quantitative estimate of drug-likeness (QED) is 0.569. The molecule has 0 fully saturated rings. The lowest BCUT2D eigenvalue weighted by atomic mass is 9.99. The van der Waals surface area contributed by atoms with E-state index < -0.39 is 17.5 Å². The molecule has 0 unspecified atom stereocenters. The van der Waals surface area contributed by atoms with E-state index in [2.05, 4.69) is 15.0 Å². The molecule has 0 spiro atoms. The van der Waals surface area contributed by atoms with Crippen molar-refractivity contribution in [1.29, 1.82) is 0 Å². The third kappa shape index (κ3) is 2.66. The highest BCUT2D eigenvalue weighted by molar-refractivity contribution is 7.13. The zero-order valence-electron chi connectivity index (χ0n) is 13.0. The molecule has 8 heteroatoms. The van der Waals surface area contributed by atoms with Crippen LogP contribution < -0.4 is 0 Å². The Morgan fingerprint density at radius 2 is 2.04 bits per heavy atom. The predicted octanol–water partition coefficient (Wildman–Crippen LogP) is 3.96. The fourth-order valence-corrected chi connectivity index (χ4v) is 3.27. The summed E-state index contributed by atoms with van der Waals surface area (Å²) >= 11 is 1.37. The molecule has 0 saturated carbocycles. The van der Waals surface area contributed by atoms with Crippen LogP contribution in [0, 0.1) is 5.82 Å². The Kier molecular flexibility index (Phi) is 3.81. The molecule has 26 heavy (non-hydrogen) atoms. The average molecular weight is 367 g/mol. The molecule has 128 valence electrons. The number of hydrogen-bond donors (Lipinski definition) is 2. The molecular formula is C18H10FN3O3S. The van der Waals surface area contributed by atoms with Crippen molar-refractivity contribution in [3.63, 3.8) is 0 Å². The van der Waals surface area contributed by atoms with Crippen LogP contribution in [0.1, 0.15) is 10.4 Å². The number of fused-ring (bicyclic) bond motifs is 1. The molecule has 2 aromatic heterocycles. The van der Waals surface area contributed by atoms with Crippen LogP contribution in [0.15, 0.2) is 48.1 Å². The number of carbonyl (C=O) groups is 1. The summed E-state index contributed by atoms with van der Waals surface area (Å²) in [4.78, 5) is 24.4. The Hall–Kier alpha value is -3.39. The van der Waals surface area contributed by atoms with Gasteiger partial charge in [0.05, 0.1) is 11.7 Å². The number of thiazole rings is 1. The van der Waals surface area contributed by atoms with Gasteiger partial charge in [0, 0.05) is 17.1 Å². The first-order valence-corrected chi connectivity index (χ1v) is 8.34. The summed E-state index contributed by atoms with van der Waals surface area (Å²) in [6.07, 6.45) is 3.04. The van der Waals surface area contributed by atoms with Crippen molar-refractivity contribution in [1.82, 2.24) is 15.0 Å². The highest BCUT2D eigenvalue weighted by atomic mass is 32.1. The molecule has 4 aromatic rings. The summed E-state index contributed by atoms with van der Waals surface area (Å²) < 4.78 is 13.6. The molecule has 4 rings (SSSR count). The van der Waals surface area contributed by atoms with Crippen LogP contribution in [-0.4, -0.2) is 31.1 Å². The maximum Gasteiger partial charge on any atom is 0.341 e. The molecule has 0 atom stereocenters. The number of rotatable bonds is 3. The lowest BCUT2D eigenvalue weighted by molar-refractivity contribution is 0.0696. The zero-order valence-corrected chi connectivity index (χ0v) is 13.9. The monoisotopic (exact) mass is 367 g/mol. The van der Waals surface area contributed by atoms with Crippen molar-refractivity contribution in [3.8, 4) is 27.6 Å². The predicted molar refractivity (Wildman–Crippen MR) is 94.7 cm³/mol. The molecule has 6 nitrogen and oxygen atoms in total. The van der Waals surface area contributed by atoms with E-state index in [9.17, 15) is 19.4 Å². The van der Waals surface area contributed by atoms with Crippen LogP contribution >= 0.6 is 11.3 Å². The van der Waals surface area contributed by atoms with Gasteiger partial charge in [0.2, 0.25) is 0 Å². The van der Waals surface area contributed by atoms with Crippen LogP contribution in [0.25, 0.3) is 32.9 Å². The number of nitrogens with zero attached hydrogens (tertiary/aromatic N) is 3. The normalized spacial score (nSPS) is 11.0. The minimum atomic E-state index is -1.35. The van der Waals surface area contributed by atoms with Gasteiger partial charge in [-0.05, 0) is 23.8 Å². The lowest BCUT2D eigenvalue weighted by Gasteiger charge is -2.11. The Labute approximate surface area is 150 Å². The Bertz CT molecular complexity index is 1150. The molecule has 2 N–H and O–H groups in total. The second kappa shape index (κ2) is 6.16. The zero-order chi connectivity index (χ0) is 18.3. The average Bonchev–Trinajstić information content (AvgIpc) is 3.15.